The van der Waals surface area contributed by atoms with Gasteiger partial charge >= 0.3 is 0 Å². The van der Waals surface area contributed by atoms with Crippen molar-refractivity contribution in [3.63, 3.8) is 0 Å². The molecular formula is C27H31ClFN5O4. The Morgan fingerprint density at radius 3 is 2.95 bits per heavy atom. The van der Waals surface area contributed by atoms with Crippen LogP contribution < -0.4 is 15.4 Å². The lowest BCUT2D eigenvalue weighted by Gasteiger charge is -2.18. The van der Waals surface area contributed by atoms with Crippen molar-refractivity contribution < 1.29 is 23.8 Å². The molecule has 0 saturated carbocycles. The first-order chi connectivity index (χ1) is 18.4. The first-order valence-corrected chi connectivity index (χ1v) is 12.8. The Kier molecular flexibility index (Phi) is 9.83. The molecular weight excluding hydrogens is 513 g/mol. The zero-order valence-corrected chi connectivity index (χ0v) is 21.9. The highest BCUT2D eigenvalue weighted by atomic mass is 35.5. The molecule has 202 valence electrons. The summed E-state index contributed by atoms with van der Waals surface area (Å²) >= 11 is 5.93. The number of hydrogen-bond acceptors (Lipinski definition) is 8. The molecule has 1 saturated heterocycles. The molecule has 0 aliphatic carbocycles. The van der Waals surface area contributed by atoms with Crippen LogP contribution in [0.15, 0.2) is 48.8 Å². The van der Waals surface area contributed by atoms with Gasteiger partial charge in [0, 0.05) is 42.8 Å². The lowest BCUT2D eigenvalue weighted by molar-refractivity contribution is -0.111. The van der Waals surface area contributed by atoms with Crippen molar-refractivity contribution in [2.45, 2.75) is 25.4 Å². The normalized spacial score (nSPS) is 15.4. The number of amides is 1. The number of aliphatic hydroxyl groups excluding tert-OH is 1. The van der Waals surface area contributed by atoms with Gasteiger partial charge in [-0.2, -0.15) is 0 Å². The quantitative estimate of drug-likeness (QED) is 0.226. The van der Waals surface area contributed by atoms with Gasteiger partial charge < -0.3 is 30.1 Å². The van der Waals surface area contributed by atoms with Gasteiger partial charge in [-0.3, -0.25) is 4.79 Å². The van der Waals surface area contributed by atoms with E-state index in [1.807, 2.05) is 7.05 Å². The molecule has 2 heterocycles. The molecule has 1 fully saturated rings. The molecule has 9 nitrogen and oxygen atoms in total. The number of nitrogens with zero attached hydrogens (tertiary/aromatic N) is 3. The van der Waals surface area contributed by atoms with Crippen molar-refractivity contribution in [3.05, 3.63) is 59.7 Å². The number of benzene rings is 2. The molecule has 1 aromatic heterocycles. The molecule has 3 aromatic rings. The summed E-state index contributed by atoms with van der Waals surface area (Å²) in [5, 5.41) is 15.6. The van der Waals surface area contributed by atoms with Crippen molar-refractivity contribution in [3.8, 4) is 5.75 Å². The number of carbonyl (C=O) groups excluding carboxylic acids is 1. The number of aliphatic hydroxyl groups is 1. The van der Waals surface area contributed by atoms with Gasteiger partial charge in [-0.25, -0.2) is 14.4 Å². The molecule has 38 heavy (non-hydrogen) atoms. The third kappa shape index (κ3) is 7.61. The van der Waals surface area contributed by atoms with E-state index in [1.54, 1.807) is 24.3 Å². The fourth-order valence-corrected chi connectivity index (χ4v) is 4.15. The molecule has 1 atom stereocenters. The van der Waals surface area contributed by atoms with Gasteiger partial charge in [0.15, 0.2) is 0 Å². The van der Waals surface area contributed by atoms with Crippen LogP contribution >= 0.6 is 11.6 Å². The SMILES string of the molecule is CN(C/C=C/C(=O)Nc1cc2c(Nc3ccc(F)c(Cl)c3)ncnc2cc1O[C@H]1CCOC1)CCCCO. The summed E-state index contributed by atoms with van der Waals surface area (Å²) in [6, 6.07) is 7.80. The Bertz CT molecular complexity index is 1290. The zero-order valence-electron chi connectivity index (χ0n) is 21.1. The zero-order chi connectivity index (χ0) is 26.9. The Morgan fingerprint density at radius 1 is 1.32 bits per heavy atom. The Morgan fingerprint density at radius 2 is 2.18 bits per heavy atom. The molecule has 1 aliphatic heterocycles. The number of ether oxygens (including phenoxy) is 2. The van der Waals surface area contributed by atoms with Crippen molar-refractivity contribution in [2.75, 3.05) is 50.6 Å². The molecule has 1 amide bonds. The fourth-order valence-electron chi connectivity index (χ4n) is 3.97. The molecule has 2 aromatic carbocycles. The predicted molar refractivity (Wildman–Crippen MR) is 146 cm³/mol. The van der Waals surface area contributed by atoms with Crippen LogP contribution in [0.25, 0.3) is 10.9 Å². The number of nitrogens with one attached hydrogen (secondary N) is 2. The maximum Gasteiger partial charge on any atom is 0.248 e. The summed E-state index contributed by atoms with van der Waals surface area (Å²) in [7, 11) is 1.96. The number of aromatic nitrogens is 2. The summed E-state index contributed by atoms with van der Waals surface area (Å²) in [5.41, 5.74) is 1.62. The Balaban J connectivity index is 1.57. The standard InChI is InChI=1S/C27H31ClFN5O4/c1-34(9-2-3-11-35)10-4-5-26(36)33-24-14-20-23(15-25(24)38-19-8-12-37-16-19)30-17-31-27(20)32-18-6-7-22(29)21(28)13-18/h4-7,13-15,17,19,35H,2-3,8-12,16H2,1H3,(H,33,36)(H,30,31,32)/b5-4+/t19-/m0/s1. The number of likely N-dealkylation sites (N-methyl/N-ethyl adjacent to an activating group) is 1. The van der Waals surface area contributed by atoms with Crippen LogP contribution in [0.3, 0.4) is 0 Å². The molecule has 0 bridgehead atoms. The smallest absolute Gasteiger partial charge is 0.248 e. The third-order valence-electron chi connectivity index (χ3n) is 5.99. The second-order valence-corrected chi connectivity index (χ2v) is 9.44. The van der Waals surface area contributed by atoms with Crippen LogP contribution in [0.4, 0.5) is 21.6 Å². The minimum absolute atomic E-state index is 0.0124. The maximum atomic E-state index is 13.6. The van der Waals surface area contributed by atoms with Crippen LogP contribution in [0, 0.1) is 5.82 Å². The van der Waals surface area contributed by atoms with Crippen LogP contribution in [0.1, 0.15) is 19.3 Å². The first-order valence-electron chi connectivity index (χ1n) is 12.4. The fraction of sp³-hybridized carbons (Fsp3) is 0.370. The Labute approximate surface area is 225 Å². The molecule has 0 spiro atoms. The highest BCUT2D eigenvalue weighted by Crippen LogP contribution is 2.35. The molecule has 0 radical (unpaired) electrons. The van der Waals surface area contributed by atoms with Gasteiger partial charge in [0.25, 0.3) is 0 Å². The molecule has 1 aliphatic rings. The average molecular weight is 544 g/mol. The van der Waals surface area contributed by atoms with E-state index in [4.69, 9.17) is 26.2 Å². The molecule has 4 rings (SSSR count). The van der Waals surface area contributed by atoms with Crippen LogP contribution in [-0.2, 0) is 9.53 Å². The van der Waals surface area contributed by atoms with Crippen molar-refractivity contribution >= 4 is 45.6 Å². The van der Waals surface area contributed by atoms with Crippen LogP contribution in [0.2, 0.25) is 5.02 Å². The largest absolute Gasteiger partial charge is 0.486 e. The van der Waals surface area contributed by atoms with Gasteiger partial charge in [0.1, 0.15) is 29.8 Å². The van der Waals surface area contributed by atoms with E-state index in [0.29, 0.717) is 53.6 Å². The van der Waals surface area contributed by atoms with Crippen LogP contribution in [0.5, 0.6) is 5.75 Å². The Hall–Kier alpha value is -3.31. The second kappa shape index (κ2) is 13.5. The van der Waals surface area contributed by atoms with E-state index in [9.17, 15) is 9.18 Å². The number of rotatable bonds is 12. The predicted octanol–water partition coefficient (Wildman–Crippen LogP) is 4.53. The maximum absolute atomic E-state index is 13.6. The van der Waals surface area contributed by atoms with E-state index in [1.165, 1.54) is 24.5 Å². The summed E-state index contributed by atoms with van der Waals surface area (Å²) in [6.45, 7) is 2.69. The number of carbonyl (C=O) groups is 1. The molecule has 0 unspecified atom stereocenters. The van der Waals surface area contributed by atoms with Crippen molar-refractivity contribution in [1.29, 1.82) is 0 Å². The van der Waals surface area contributed by atoms with Gasteiger partial charge in [-0.05, 0) is 50.7 Å². The van der Waals surface area contributed by atoms with Gasteiger partial charge in [-0.1, -0.05) is 17.7 Å². The molecule has 11 heteroatoms. The van der Waals surface area contributed by atoms with E-state index < -0.39 is 5.82 Å². The number of unbranched alkanes of at least 4 members (excludes halogenated alkanes) is 1. The van der Waals surface area contributed by atoms with E-state index in [0.717, 1.165) is 25.8 Å². The molecule has 3 N–H and O–H groups in total. The van der Waals surface area contributed by atoms with E-state index >= 15 is 0 Å². The van der Waals surface area contributed by atoms with Gasteiger partial charge in [0.2, 0.25) is 5.91 Å². The van der Waals surface area contributed by atoms with E-state index in [-0.39, 0.29) is 23.6 Å². The van der Waals surface area contributed by atoms with E-state index in [2.05, 4.69) is 25.5 Å². The minimum Gasteiger partial charge on any atom is -0.486 e. The van der Waals surface area contributed by atoms with Crippen LogP contribution in [-0.4, -0.2) is 71.9 Å². The summed E-state index contributed by atoms with van der Waals surface area (Å²) < 4.78 is 25.2. The highest BCUT2D eigenvalue weighted by Gasteiger charge is 2.21. The number of anilines is 3. The average Bonchev–Trinajstić information content (AvgIpc) is 3.40. The number of halogens is 2. The second-order valence-electron chi connectivity index (χ2n) is 9.03. The summed E-state index contributed by atoms with van der Waals surface area (Å²) in [4.78, 5) is 23.6. The van der Waals surface area contributed by atoms with Gasteiger partial charge in [0.05, 0.1) is 29.4 Å². The number of hydrogen-bond donors (Lipinski definition) is 3. The lowest BCUT2D eigenvalue weighted by atomic mass is 10.1. The lowest BCUT2D eigenvalue weighted by Crippen LogP contribution is -2.20. The summed E-state index contributed by atoms with van der Waals surface area (Å²) in [5.74, 6) is 0.114. The first kappa shape index (κ1) is 27.7. The monoisotopic (exact) mass is 543 g/mol. The number of fused-ring (bicyclic) bond motifs is 1. The van der Waals surface area contributed by atoms with Gasteiger partial charge in [-0.15, -0.1) is 0 Å². The topological polar surface area (TPSA) is 109 Å². The van der Waals surface area contributed by atoms with Crippen molar-refractivity contribution in [2.24, 2.45) is 0 Å². The van der Waals surface area contributed by atoms with Crippen molar-refractivity contribution in [1.82, 2.24) is 14.9 Å². The summed E-state index contributed by atoms with van der Waals surface area (Å²) in [6.07, 6.45) is 6.93. The highest BCUT2D eigenvalue weighted by molar-refractivity contribution is 6.31. The third-order valence-corrected chi connectivity index (χ3v) is 6.28. The minimum atomic E-state index is -0.517.